The van der Waals surface area contributed by atoms with Crippen LogP contribution in [0.25, 0.3) is 0 Å². The number of non-ortho nitro benzene ring substituents is 1. The van der Waals surface area contributed by atoms with Crippen LogP contribution in [0.2, 0.25) is 0 Å². The lowest BCUT2D eigenvalue weighted by atomic mass is 10.1. The van der Waals surface area contributed by atoms with Gasteiger partial charge >= 0.3 is 0 Å². The summed E-state index contributed by atoms with van der Waals surface area (Å²) in [5.41, 5.74) is 1.49. The molecule has 0 radical (unpaired) electrons. The lowest BCUT2D eigenvalue weighted by Crippen LogP contribution is -2.33. The van der Waals surface area contributed by atoms with Gasteiger partial charge in [-0.1, -0.05) is 12.1 Å². The van der Waals surface area contributed by atoms with Crippen molar-refractivity contribution in [3.63, 3.8) is 0 Å². The molecule has 2 aromatic carbocycles. The molecule has 29 heavy (non-hydrogen) atoms. The van der Waals surface area contributed by atoms with E-state index >= 15 is 0 Å². The Morgan fingerprint density at radius 1 is 1.28 bits per heavy atom. The van der Waals surface area contributed by atoms with Crippen molar-refractivity contribution in [1.82, 2.24) is 4.90 Å². The first-order chi connectivity index (χ1) is 13.9. The van der Waals surface area contributed by atoms with Crippen LogP contribution in [-0.2, 0) is 9.59 Å². The van der Waals surface area contributed by atoms with Gasteiger partial charge in [-0.25, -0.2) is 0 Å². The van der Waals surface area contributed by atoms with Crippen molar-refractivity contribution in [2.24, 2.45) is 0 Å². The van der Waals surface area contributed by atoms with Crippen molar-refractivity contribution in [3.8, 4) is 5.75 Å². The fourth-order valence-corrected chi connectivity index (χ4v) is 3.23. The third-order valence-corrected chi connectivity index (χ3v) is 5.12. The Labute approximate surface area is 168 Å². The Bertz CT molecular complexity index is 913. The monoisotopic (exact) mass is 397 g/mol. The molecule has 0 aromatic heterocycles. The Balaban J connectivity index is 1.57. The van der Waals surface area contributed by atoms with Crippen LogP contribution in [0.3, 0.4) is 0 Å². The zero-order chi connectivity index (χ0) is 21.0. The molecule has 2 aromatic rings. The van der Waals surface area contributed by atoms with Crippen molar-refractivity contribution >= 4 is 23.2 Å². The zero-order valence-electron chi connectivity index (χ0n) is 16.4. The quantitative estimate of drug-likeness (QED) is 0.528. The molecule has 8 nitrogen and oxygen atoms in total. The topological polar surface area (TPSA) is 93.0 Å². The number of hydrogen-bond acceptors (Lipinski definition) is 5. The van der Waals surface area contributed by atoms with Crippen molar-refractivity contribution in [2.75, 3.05) is 25.1 Å². The first-order valence-electron chi connectivity index (χ1n) is 9.40. The number of nitro benzene ring substituents is 1. The van der Waals surface area contributed by atoms with Crippen LogP contribution < -0.4 is 9.64 Å². The maximum absolute atomic E-state index is 12.5. The standard InChI is InChI=1S/C21H23N3O5/c1-15(16-5-3-6-18(13-16)24(27)28)22(2)21(26)14-29-19-10-8-17(9-11-19)23-12-4-7-20(23)25/h3,5-6,8-11,13,15H,4,7,12,14H2,1-2H3/t15-/m1/s1. The molecule has 1 fully saturated rings. The van der Waals surface area contributed by atoms with Crippen molar-refractivity contribution < 1.29 is 19.2 Å². The van der Waals surface area contributed by atoms with Gasteiger partial charge in [0.2, 0.25) is 5.91 Å². The molecule has 1 atom stereocenters. The van der Waals surface area contributed by atoms with Gasteiger partial charge in [0, 0.05) is 37.8 Å². The van der Waals surface area contributed by atoms with E-state index in [0.717, 1.165) is 18.7 Å². The number of carbonyl (C=O) groups is 2. The molecule has 0 saturated carbocycles. The third kappa shape index (κ3) is 4.71. The summed E-state index contributed by atoms with van der Waals surface area (Å²) in [5, 5.41) is 10.9. The number of carbonyl (C=O) groups excluding carboxylic acids is 2. The van der Waals surface area contributed by atoms with Crippen LogP contribution >= 0.6 is 0 Å². The van der Waals surface area contributed by atoms with Gasteiger partial charge in [-0.05, 0) is 43.2 Å². The molecule has 1 saturated heterocycles. The maximum Gasteiger partial charge on any atom is 0.269 e. The molecule has 2 amide bonds. The first kappa shape index (κ1) is 20.3. The van der Waals surface area contributed by atoms with E-state index in [2.05, 4.69) is 0 Å². The first-order valence-corrected chi connectivity index (χ1v) is 9.40. The molecule has 0 spiro atoms. The fraction of sp³-hybridized carbons (Fsp3) is 0.333. The Morgan fingerprint density at radius 3 is 2.62 bits per heavy atom. The Hall–Kier alpha value is -3.42. The number of anilines is 1. The summed E-state index contributed by atoms with van der Waals surface area (Å²) >= 11 is 0. The molecule has 8 heteroatoms. The lowest BCUT2D eigenvalue weighted by Gasteiger charge is -2.25. The van der Waals surface area contributed by atoms with Crippen LogP contribution in [0, 0.1) is 10.1 Å². The highest BCUT2D eigenvalue weighted by molar-refractivity contribution is 5.95. The van der Waals surface area contributed by atoms with Gasteiger partial charge in [-0.2, -0.15) is 0 Å². The van der Waals surface area contributed by atoms with Crippen molar-refractivity contribution in [1.29, 1.82) is 0 Å². The predicted molar refractivity (Wildman–Crippen MR) is 108 cm³/mol. The molecule has 1 aliphatic heterocycles. The lowest BCUT2D eigenvalue weighted by molar-refractivity contribution is -0.384. The highest BCUT2D eigenvalue weighted by Crippen LogP contribution is 2.25. The number of ether oxygens (including phenoxy) is 1. The van der Waals surface area contributed by atoms with E-state index in [4.69, 9.17) is 4.74 Å². The molecular weight excluding hydrogens is 374 g/mol. The number of amides is 2. The number of benzene rings is 2. The minimum atomic E-state index is -0.458. The van der Waals surface area contributed by atoms with E-state index in [1.807, 2.05) is 0 Å². The summed E-state index contributed by atoms with van der Waals surface area (Å²) in [6.45, 7) is 2.37. The average Bonchev–Trinajstić information content (AvgIpc) is 3.17. The van der Waals surface area contributed by atoms with Gasteiger partial charge in [-0.15, -0.1) is 0 Å². The number of rotatable bonds is 7. The normalized spacial score (nSPS) is 14.6. The van der Waals surface area contributed by atoms with Gasteiger partial charge in [0.25, 0.3) is 11.6 Å². The van der Waals surface area contributed by atoms with Crippen LogP contribution in [0.1, 0.15) is 31.4 Å². The van der Waals surface area contributed by atoms with E-state index in [0.29, 0.717) is 17.7 Å². The second kappa shape index (κ2) is 8.72. The number of nitrogens with zero attached hydrogens (tertiary/aromatic N) is 3. The SMILES string of the molecule is C[C@H](c1cccc([N+](=O)[O-])c1)N(C)C(=O)COc1ccc(N2CCCC2=O)cc1. The fourth-order valence-electron chi connectivity index (χ4n) is 3.23. The van der Waals surface area contributed by atoms with Gasteiger partial charge < -0.3 is 14.5 Å². The largest absolute Gasteiger partial charge is 0.484 e. The summed E-state index contributed by atoms with van der Waals surface area (Å²) in [6.07, 6.45) is 1.43. The zero-order valence-corrected chi connectivity index (χ0v) is 16.4. The number of hydrogen-bond donors (Lipinski definition) is 0. The van der Waals surface area contributed by atoms with Crippen LogP contribution in [0.5, 0.6) is 5.75 Å². The van der Waals surface area contributed by atoms with Crippen molar-refractivity contribution in [2.45, 2.75) is 25.8 Å². The second-order valence-corrected chi connectivity index (χ2v) is 6.96. The van der Waals surface area contributed by atoms with Crippen LogP contribution in [0.4, 0.5) is 11.4 Å². The molecule has 0 bridgehead atoms. The Kier molecular flexibility index (Phi) is 6.11. The third-order valence-electron chi connectivity index (χ3n) is 5.12. The van der Waals surface area contributed by atoms with Crippen LogP contribution in [0.15, 0.2) is 48.5 Å². The smallest absolute Gasteiger partial charge is 0.269 e. The van der Waals surface area contributed by atoms with Crippen molar-refractivity contribution in [3.05, 3.63) is 64.2 Å². The van der Waals surface area contributed by atoms with Gasteiger partial charge in [-0.3, -0.25) is 19.7 Å². The highest BCUT2D eigenvalue weighted by atomic mass is 16.6. The van der Waals surface area contributed by atoms with E-state index in [-0.39, 0.29) is 30.2 Å². The molecule has 3 rings (SSSR count). The Morgan fingerprint density at radius 2 is 2.00 bits per heavy atom. The molecule has 1 aliphatic rings. The minimum absolute atomic E-state index is 0.0111. The van der Waals surface area contributed by atoms with Crippen LogP contribution in [-0.4, -0.2) is 41.8 Å². The average molecular weight is 397 g/mol. The predicted octanol–water partition coefficient (Wildman–Crippen LogP) is 3.32. The molecule has 0 aliphatic carbocycles. The summed E-state index contributed by atoms with van der Waals surface area (Å²) in [6, 6.07) is 13.0. The second-order valence-electron chi connectivity index (χ2n) is 6.96. The summed E-state index contributed by atoms with van der Waals surface area (Å²) < 4.78 is 5.58. The summed E-state index contributed by atoms with van der Waals surface area (Å²) in [5.74, 6) is 0.401. The summed E-state index contributed by atoms with van der Waals surface area (Å²) in [7, 11) is 1.64. The summed E-state index contributed by atoms with van der Waals surface area (Å²) in [4.78, 5) is 38.0. The number of likely N-dealkylation sites (N-methyl/N-ethyl adjacent to an activating group) is 1. The molecular formula is C21H23N3O5. The highest BCUT2D eigenvalue weighted by Gasteiger charge is 2.22. The molecule has 152 valence electrons. The van der Waals surface area contributed by atoms with E-state index in [1.165, 1.54) is 17.0 Å². The van der Waals surface area contributed by atoms with Gasteiger partial charge in [0.1, 0.15) is 5.75 Å². The molecule has 1 heterocycles. The molecule has 0 N–H and O–H groups in total. The van der Waals surface area contributed by atoms with Gasteiger partial charge in [0.05, 0.1) is 11.0 Å². The van der Waals surface area contributed by atoms with Gasteiger partial charge in [0.15, 0.2) is 6.61 Å². The van der Waals surface area contributed by atoms with E-state index in [1.54, 1.807) is 55.3 Å². The maximum atomic E-state index is 12.5. The molecule has 0 unspecified atom stereocenters. The van der Waals surface area contributed by atoms with E-state index < -0.39 is 4.92 Å². The number of nitro groups is 1. The minimum Gasteiger partial charge on any atom is -0.484 e. The van der Waals surface area contributed by atoms with E-state index in [9.17, 15) is 19.7 Å².